The van der Waals surface area contributed by atoms with Crippen molar-refractivity contribution < 1.29 is 9.13 Å². The third-order valence-corrected chi connectivity index (χ3v) is 3.77. The second kappa shape index (κ2) is 6.00. The van der Waals surface area contributed by atoms with Gasteiger partial charge in [0.2, 0.25) is 5.82 Å². The highest BCUT2D eigenvalue weighted by Crippen LogP contribution is 2.28. The van der Waals surface area contributed by atoms with Crippen LogP contribution in [0.25, 0.3) is 0 Å². The first-order valence-electron chi connectivity index (χ1n) is 5.92. The van der Waals surface area contributed by atoms with Crippen molar-refractivity contribution in [2.75, 3.05) is 7.11 Å². The zero-order valence-corrected chi connectivity index (χ0v) is 12.4. The molecular formula is C12H14FN5OS. The molecule has 0 aromatic carbocycles. The van der Waals surface area contributed by atoms with Crippen LogP contribution in [0.2, 0.25) is 0 Å². The Morgan fingerprint density at radius 1 is 1.35 bits per heavy atom. The van der Waals surface area contributed by atoms with Crippen molar-refractivity contribution in [2.24, 2.45) is 10.2 Å². The quantitative estimate of drug-likeness (QED) is 0.809. The molecule has 0 aliphatic rings. The third kappa shape index (κ3) is 3.13. The van der Waals surface area contributed by atoms with Gasteiger partial charge in [-0.1, -0.05) is 0 Å². The molecule has 2 aromatic rings. The second-order valence-corrected chi connectivity index (χ2v) is 5.34. The van der Waals surface area contributed by atoms with Gasteiger partial charge < -0.3 is 4.74 Å². The molecule has 20 heavy (non-hydrogen) atoms. The summed E-state index contributed by atoms with van der Waals surface area (Å²) in [5, 5.41) is 8.89. The maximum Gasteiger partial charge on any atom is 0.318 e. The highest BCUT2D eigenvalue weighted by atomic mass is 32.1. The van der Waals surface area contributed by atoms with Gasteiger partial charge in [0.15, 0.2) is 5.82 Å². The van der Waals surface area contributed by atoms with E-state index in [2.05, 4.69) is 25.2 Å². The van der Waals surface area contributed by atoms with Crippen LogP contribution in [0.3, 0.4) is 0 Å². The lowest BCUT2D eigenvalue weighted by molar-refractivity contribution is 0.377. The molecule has 0 aliphatic carbocycles. The minimum atomic E-state index is -0.640. The van der Waals surface area contributed by atoms with E-state index in [1.54, 1.807) is 11.3 Å². The van der Waals surface area contributed by atoms with E-state index in [-0.39, 0.29) is 17.9 Å². The van der Waals surface area contributed by atoms with Gasteiger partial charge in [0, 0.05) is 0 Å². The van der Waals surface area contributed by atoms with Crippen molar-refractivity contribution in [3.05, 3.63) is 27.6 Å². The van der Waals surface area contributed by atoms with Crippen LogP contribution in [0.5, 0.6) is 6.01 Å². The maximum atomic E-state index is 13.5. The van der Waals surface area contributed by atoms with E-state index >= 15 is 0 Å². The Hall–Kier alpha value is -1.96. The molecule has 2 heterocycles. The Morgan fingerprint density at radius 2 is 2.10 bits per heavy atom. The molecule has 106 valence electrons. The molecule has 2 aromatic heterocycles. The molecule has 0 saturated carbocycles. The van der Waals surface area contributed by atoms with Gasteiger partial charge >= 0.3 is 6.01 Å². The molecule has 0 bridgehead atoms. The summed E-state index contributed by atoms with van der Waals surface area (Å²) >= 11 is 1.55. The molecule has 0 N–H and O–H groups in total. The van der Waals surface area contributed by atoms with Crippen LogP contribution in [0.4, 0.5) is 10.2 Å². The summed E-state index contributed by atoms with van der Waals surface area (Å²) in [5.41, 5.74) is 0.916. The Labute approximate surface area is 119 Å². The van der Waals surface area contributed by atoms with Gasteiger partial charge in [0.1, 0.15) is 6.04 Å². The molecule has 8 heteroatoms. The molecule has 6 nitrogen and oxygen atoms in total. The first-order chi connectivity index (χ1) is 9.51. The van der Waals surface area contributed by atoms with Gasteiger partial charge in [-0.2, -0.15) is 10.1 Å². The smallest absolute Gasteiger partial charge is 0.318 e. The van der Waals surface area contributed by atoms with Crippen molar-refractivity contribution in [1.82, 2.24) is 15.0 Å². The fraction of sp³-hybridized carbons (Fsp3) is 0.417. The SMILES string of the molecule is COc1ncc(F)c(N=NC(C)c2sc(C)nc2C)n1. The zero-order chi connectivity index (χ0) is 14.7. The van der Waals surface area contributed by atoms with Crippen molar-refractivity contribution in [3.63, 3.8) is 0 Å². The van der Waals surface area contributed by atoms with Crippen LogP contribution in [0.15, 0.2) is 16.4 Å². The second-order valence-electron chi connectivity index (χ2n) is 4.10. The topological polar surface area (TPSA) is 72.6 Å². The van der Waals surface area contributed by atoms with Gasteiger partial charge in [0.05, 0.1) is 28.9 Å². The van der Waals surface area contributed by atoms with Crippen molar-refractivity contribution in [1.29, 1.82) is 0 Å². The highest BCUT2D eigenvalue weighted by molar-refractivity contribution is 7.11. The molecule has 0 spiro atoms. The number of azo groups is 1. The van der Waals surface area contributed by atoms with E-state index in [4.69, 9.17) is 4.74 Å². The standard InChI is InChI=1S/C12H14FN5OS/c1-6-10(20-8(3)15-6)7(2)17-18-11-9(13)5-14-12(16-11)19-4/h5,7H,1-4H3. The van der Waals surface area contributed by atoms with Gasteiger partial charge in [-0.05, 0) is 20.8 Å². The van der Waals surface area contributed by atoms with Gasteiger partial charge in [0.25, 0.3) is 0 Å². The molecule has 0 saturated heterocycles. The first-order valence-corrected chi connectivity index (χ1v) is 6.74. The van der Waals surface area contributed by atoms with Crippen molar-refractivity contribution in [2.45, 2.75) is 26.8 Å². The van der Waals surface area contributed by atoms with Gasteiger partial charge in [-0.3, -0.25) is 0 Å². The van der Waals surface area contributed by atoms with Gasteiger partial charge in [-0.25, -0.2) is 14.4 Å². The lowest BCUT2D eigenvalue weighted by Crippen LogP contribution is -1.93. The molecule has 0 aliphatic heterocycles. The van der Waals surface area contributed by atoms with E-state index in [1.165, 1.54) is 7.11 Å². The predicted molar refractivity (Wildman–Crippen MR) is 73.1 cm³/mol. The van der Waals surface area contributed by atoms with E-state index in [0.29, 0.717) is 0 Å². The van der Waals surface area contributed by atoms with Crippen molar-refractivity contribution in [3.8, 4) is 6.01 Å². The average molecular weight is 295 g/mol. The van der Waals surface area contributed by atoms with Crippen molar-refractivity contribution >= 4 is 17.2 Å². The summed E-state index contributed by atoms with van der Waals surface area (Å²) in [5.74, 6) is -0.776. The maximum absolute atomic E-state index is 13.5. The van der Waals surface area contributed by atoms with E-state index < -0.39 is 5.82 Å². The van der Waals surface area contributed by atoms with Crippen LogP contribution < -0.4 is 4.74 Å². The Kier molecular flexibility index (Phi) is 4.33. The summed E-state index contributed by atoms with van der Waals surface area (Å²) in [6.07, 6.45) is 1.01. The number of nitrogens with zero attached hydrogens (tertiary/aromatic N) is 5. The van der Waals surface area contributed by atoms with Crippen LogP contribution in [0.1, 0.15) is 28.5 Å². The predicted octanol–water partition coefficient (Wildman–Crippen LogP) is 3.54. The Bertz CT molecular complexity index is 643. The van der Waals surface area contributed by atoms with Crippen LogP contribution in [-0.2, 0) is 0 Å². The van der Waals surface area contributed by atoms with E-state index in [9.17, 15) is 4.39 Å². The molecule has 1 atom stereocenters. The Balaban J connectivity index is 2.22. The third-order valence-electron chi connectivity index (χ3n) is 2.53. The Morgan fingerprint density at radius 3 is 2.70 bits per heavy atom. The highest BCUT2D eigenvalue weighted by Gasteiger charge is 2.13. The molecule has 0 amide bonds. The first kappa shape index (κ1) is 14.4. The normalized spacial score (nSPS) is 12.8. The fourth-order valence-corrected chi connectivity index (χ4v) is 2.55. The number of hydrogen-bond donors (Lipinski definition) is 0. The summed E-state index contributed by atoms with van der Waals surface area (Å²) in [7, 11) is 1.40. The molecule has 0 fully saturated rings. The number of ether oxygens (including phenoxy) is 1. The fourth-order valence-electron chi connectivity index (χ4n) is 1.64. The number of rotatable bonds is 4. The molecular weight excluding hydrogens is 281 g/mol. The number of aryl methyl sites for hydroxylation is 2. The molecule has 1 unspecified atom stereocenters. The molecule has 2 rings (SSSR count). The number of aromatic nitrogens is 3. The summed E-state index contributed by atoms with van der Waals surface area (Å²) in [6.45, 7) is 5.72. The summed E-state index contributed by atoms with van der Waals surface area (Å²) < 4.78 is 18.3. The molecule has 0 radical (unpaired) electrons. The summed E-state index contributed by atoms with van der Waals surface area (Å²) in [6, 6.07) is -0.153. The van der Waals surface area contributed by atoms with E-state index in [1.807, 2.05) is 20.8 Å². The number of thiazole rings is 1. The van der Waals surface area contributed by atoms with Crippen LogP contribution >= 0.6 is 11.3 Å². The number of halogens is 1. The van der Waals surface area contributed by atoms with Crippen LogP contribution in [-0.4, -0.2) is 22.1 Å². The summed E-state index contributed by atoms with van der Waals surface area (Å²) in [4.78, 5) is 12.8. The average Bonchev–Trinajstić information content (AvgIpc) is 2.76. The monoisotopic (exact) mass is 295 g/mol. The minimum Gasteiger partial charge on any atom is -0.467 e. The van der Waals surface area contributed by atoms with Crippen LogP contribution in [0, 0.1) is 19.7 Å². The largest absolute Gasteiger partial charge is 0.467 e. The lowest BCUT2D eigenvalue weighted by Gasteiger charge is -2.03. The van der Waals surface area contributed by atoms with E-state index in [0.717, 1.165) is 21.8 Å². The number of methoxy groups -OCH3 is 1. The minimum absolute atomic E-state index is 0.0535. The van der Waals surface area contributed by atoms with Gasteiger partial charge in [-0.15, -0.1) is 16.5 Å². The lowest BCUT2D eigenvalue weighted by atomic mass is 10.2. The zero-order valence-electron chi connectivity index (χ0n) is 11.6. The number of hydrogen-bond acceptors (Lipinski definition) is 7.